The zero-order valence-corrected chi connectivity index (χ0v) is 11.3. The van der Waals surface area contributed by atoms with E-state index in [9.17, 15) is 0 Å². The first kappa shape index (κ1) is 14.2. The molecule has 0 aliphatic carbocycles. The van der Waals surface area contributed by atoms with Gasteiger partial charge in [0.15, 0.2) is 0 Å². The van der Waals surface area contributed by atoms with Crippen LogP contribution in [0.25, 0.3) is 0 Å². The van der Waals surface area contributed by atoms with Crippen LogP contribution in [0.1, 0.15) is 25.7 Å². The fourth-order valence-electron chi connectivity index (χ4n) is 2.16. The molecule has 1 fully saturated rings. The van der Waals surface area contributed by atoms with Crippen molar-refractivity contribution in [1.82, 2.24) is 0 Å². The van der Waals surface area contributed by atoms with Crippen molar-refractivity contribution < 1.29 is 14.6 Å². The van der Waals surface area contributed by atoms with Gasteiger partial charge in [0, 0.05) is 19.8 Å². The van der Waals surface area contributed by atoms with Crippen molar-refractivity contribution in [3.05, 3.63) is 24.3 Å². The van der Waals surface area contributed by atoms with Gasteiger partial charge in [0.25, 0.3) is 0 Å². The van der Waals surface area contributed by atoms with Gasteiger partial charge in [-0.15, -0.1) is 0 Å². The number of nitrogens with one attached hydrogen (secondary N) is 1. The van der Waals surface area contributed by atoms with Crippen LogP contribution in [0.3, 0.4) is 0 Å². The van der Waals surface area contributed by atoms with E-state index < -0.39 is 0 Å². The molecule has 2 rings (SSSR count). The summed E-state index contributed by atoms with van der Waals surface area (Å²) in [7, 11) is 0. The summed E-state index contributed by atoms with van der Waals surface area (Å²) < 4.78 is 11.5. The summed E-state index contributed by atoms with van der Waals surface area (Å²) in [5.41, 5.74) is 0.978. The molecule has 106 valence electrons. The highest BCUT2D eigenvalue weighted by Gasteiger charge is 2.15. The van der Waals surface area contributed by atoms with Crippen molar-refractivity contribution >= 4 is 5.69 Å². The first-order chi connectivity index (χ1) is 9.40. The van der Waals surface area contributed by atoms with E-state index in [1.54, 1.807) is 0 Å². The van der Waals surface area contributed by atoms with Crippen molar-refractivity contribution in [3.8, 4) is 5.75 Å². The molecule has 19 heavy (non-hydrogen) atoms. The monoisotopic (exact) mass is 265 g/mol. The van der Waals surface area contributed by atoms with Gasteiger partial charge in [-0.3, -0.25) is 0 Å². The lowest BCUT2D eigenvalue weighted by molar-refractivity contribution is -0.0109. The predicted octanol–water partition coefficient (Wildman–Crippen LogP) is 2.43. The number of anilines is 1. The molecule has 2 N–H and O–H groups in total. The van der Waals surface area contributed by atoms with Crippen LogP contribution in [0.2, 0.25) is 0 Å². The number of aliphatic hydroxyl groups is 1. The topological polar surface area (TPSA) is 50.7 Å². The quantitative estimate of drug-likeness (QED) is 0.743. The minimum Gasteiger partial charge on any atom is -0.489 e. The predicted molar refractivity (Wildman–Crippen MR) is 75.7 cm³/mol. The van der Waals surface area contributed by atoms with Crippen molar-refractivity contribution in [3.63, 3.8) is 0 Å². The van der Waals surface area contributed by atoms with Crippen LogP contribution in [-0.2, 0) is 4.74 Å². The van der Waals surface area contributed by atoms with Crippen molar-refractivity contribution in [1.29, 1.82) is 0 Å². The van der Waals surface area contributed by atoms with Crippen LogP contribution in [-0.4, -0.2) is 37.6 Å². The average Bonchev–Trinajstić information content (AvgIpc) is 2.48. The molecule has 1 aliphatic rings. The summed E-state index contributed by atoms with van der Waals surface area (Å²) in [6, 6.07) is 7.90. The van der Waals surface area contributed by atoms with Gasteiger partial charge in [-0.25, -0.2) is 0 Å². The fourth-order valence-corrected chi connectivity index (χ4v) is 2.16. The fraction of sp³-hybridized carbons (Fsp3) is 0.600. The Hall–Kier alpha value is -1.26. The highest BCUT2D eigenvalue weighted by atomic mass is 16.5. The maximum Gasteiger partial charge on any atom is 0.142 e. The molecule has 1 heterocycles. The van der Waals surface area contributed by atoms with Gasteiger partial charge in [-0.2, -0.15) is 0 Å². The van der Waals surface area contributed by atoms with E-state index in [1.165, 1.54) is 6.42 Å². The van der Waals surface area contributed by atoms with E-state index in [-0.39, 0.29) is 12.7 Å². The molecular weight excluding hydrogens is 242 g/mol. The average molecular weight is 265 g/mol. The summed E-state index contributed by atoms with van der Waals surface area (Å²) in [6.07, 6.45) is 4.43. The second-order valence-electron chi connectivity index (χ2n) is 4.80. The highest BCUT2D eigenvalue weighted by Crippen LogP contribution is 2.24. The van der Waals surface area contributed by atoms with E-state index in [1.807, 2.05) is 24.3 Å². The van der Waals surface area contributed by atoms with Crippen LogP contribution in [0.4, 0.5) is 5.69 Å². The lowest BCUT2D eigenvalue weighted by atomic mass is 10.1. The van der Waals surface area contributed by atoms with Gasteiger partial charge < -0.3 is 19.9 Å². The molecule has 0 aromatic heterocycles. The molecule has 4 nitrogen and oxygen atoms in total. The van der Waals surface area contributed by atoms with Crippen LogP contribution in [0.15, 0.2) is 24.3 Å². The Labute approximate surface area is 114 Å². The number of rotatable bonds is 7. The van der Waals surface area contributed by atoms with Crippen LogP contribution < -0.4 is 10.1 Å². The molecule has 4 heteroatoms. The summed E-state index contributed by atoms with van der Waals surface area (Å²) in [4.78, 5) is 0. The lowest BCUT2D eigenvalue weighted by Crippen LogP contribution is -2.26. The number of hydrogen-bond donors (Lipinski definition) is 2. The van der Waals surface area contributed by atoms with Gasteiger partial charge in [0.1, 0.15) is 12.4 Å². The Bertz CT molecular complexity index is 364. The van der Waals surface area contributed by atoms with E-state index >= 15 is 0 Å². The van der Waals surface area contributed by atoms with Gasteiger partial charge in [-0.1, -0.05) is 12.1 Å². The zero-order valence-electron chi connectivity index (χ0n) is 11.3. The summed E-state index contributed by atoms with van der Waals surface area (Å²) in [5.74, 6) is 0.856. The van der Waals surface area contributed by atoms with E-state index in [0.717, 1.165) is 43.9 Å². The Morgan fingerprint density at radius 2 is 2.21 bits per heavy atom. The second kappa shape index (κ2) is 8.02. The number of aliphatic hydroxyl groups excluding tert-OH is 1. The second-order valence-corrected chi connectivity index (χ2v) is 4.80. The Balaban J connectivity index is 1.84. The first-order valence-corrected chi connectivity index (χ1v) is 7.08. The Morgan fingerprint density at radius 1 is 1.32 bits per heavy atom. The van der Waals surface area contributed by atoms with Crippen LogP contribution >= 0.6 is 0 Å². The van der Waals surface area contributed by atoms with Crippen LogP contribution in [0.5, 0.6) is 5.75 Å². The maximum atomic E-state index is 8.80. The van der Waals surface area contributed by atoms with Gasteiger partial charge in [0.2, 0.25) is 0 Å². The van der Waals surface area contributed by atoms with Crippen molar-refractivity contribution in [2.45, 2.75) is 31.8 Å². The molecule has 0 bridgehead atoms. The minimum atomic E-state index is 0.200. The molecule has 0 unspecified atom stereocenters. The third-order valence-corrected chi connectivity index (χ3v) is 3.24. The normalized spacial score (nSPS) is 19.1. The third kappa shape index (κ3) is 4.73. The molecule has 1 aliphatic heterocycles. The van der Waals surface area contributed by atoms with Gasteiger partial charge in [-0.05, 0) is 37.8 Å². The van der Waals surface area contributed by atoms with Gasteiger partial charge >= 0.3 is 0 Å². The number of para-hydroxylation sites is 2. The molecule has 1 aromatic rings. The van der Waals surface area contributed by atoms with Crippen molar-refractivity contribution in [2.75, 3.05) is 31.7 Å². The standard InChI is InChI=1S/C15H23NO3/c17-10-5-9-16-14-7-1-2-8-15(14)19-12-13-6-3-4-11-18-13/h1-2,7-8,13,16-17H,3-6,9-12H2/t13-/m1/s1. The molecule has 1 saturated heterocycles. The summed E-state index contributed by atoms with van der Waals surface area (Å²) in [6.45, 7) is 2.41. The molecule has 1 atom stereocenters. The molecule has 0 amide bonds. The highest BCUT2D eigenvalue weighted by molar-refractivity contribution is 5.56. The van der Waals surface area contributed by atoms with E-state index in [2.05, 4.69) is 5.32 Å². The largest absolute Gasteiger partial charge is 0.489 e. The Kier molecular flexibility index (Phi) is 5.98. The molecule has 0 spiro atoms. The summed E-state index contributed by atoms with van der Waals surface area (Å²) in [5, 5.41) is 12.1. The third-order valence-electron chi connectivity index (χ3n) is 3.24. The number of ether oxygens (including phenoxy) is 2. The molecular formula is C15H23NO3. The summed E-state index contributed by atoms with van der Waals surface area (Å²) >= 11 is 0. The van der Waals surface area contributed by atoms with E-state index in [4.69, 9.17) is 14.6 Å². The molecule has 0 radical (unpaired) electrons. The minimum absolute atomic E-state index is 0.200. The SMILES string of the molecule is OCCCNc1ccccc1OC[C@H]1CCCCO1. The van der Waals surface area contributed by atoms with Crippen molar-refractivity contribution in [2.24, 2.45) is 0 Å². The maximum absolute atomic E-state index is 8.80. The molecule has 0 saturated carbocycles. The number of hydrogen-bond acceptors (Lipinski definition) is 4. The van der Waals surface area contributed by atoms with Gasteiger partial charge in [0.05, 0.1) is 11.8 Å². The molecule has 1 aromatic carbocycles. The van der Waals surface area contributed by atoms with E-state index in [0.29, 0.717) is 6.61 Å². The zero-order chi connectivity index (χ0) is 13.3. The van der Waals surface area contributed by atoms with Crippen LogP contribution in [0, 0.1) is 0 Å². The number of benzene rings is 1. The first-order valence-electron chi connectivity index (χ1n) is 7.08. The Morgan fingerprint density at radius 3 is 3.00 bits per heavy atom. The lowest BCUT2D eigenvalue weighted by Gasteiger charge is -2.23. The smallest absolute Gasteiger partial charge is 0.142 e.